The second-order valence-electron chi connectivity index (χ2n) is 3.86. The number of benzene rings is 1. The number of nitrogens with one attached hydrogen (secondary N) is 1. The van der Waals surface area contributed by atoms with E-state index in [2.05, 4.69) is 41.6 Å². The van der Waals surface area contributed by atoms with Gasteiger partial charge in [0, 0.05) is 25.0 Å². The molecule has 1 unspecified atom stereocenters. The zero-order valence-electron chi connectivity index (χ0n) is 9.50. The number of nitrogens with zero attached hydrogens (tertiary/aromatic N) is 2. The summed E-state index contributed by atoms with van der Waals surface area (Å²) in [6.45, 7) is 4.01. The Bertz CT molecular complexity index is 394. The van der Waals surface area contributed by atoms with Crippen molar-refractivity contribution in [3.05, 3.63) is 54.4 Å². The molecule has 0 saturated heterocycles. The molecular weight excluding hydrogens is 198 g/mol. The molecule has 1 aromatic heterocycles. The van der Waals surface area contributed by atoms with Gasteiger partial charge in [-0.3, -0.25) is 4.68 Å². The molecule has 3 heteroatoms. The van der Waals surface area contributed by atoms with Gasteiger partial charge in [0.2, 0.25) is 0 Å². The standard InChI is InChI=1S/C13H17N3/c1-12(13-6-3-2-4-7-13)14-9-11-16-10-5-8-15-16/h2-8,10,12,14H,9,11H2,1H3. The van der Waals surface area contributed by atoms with Crippen LogP contribution in [0.2, 0.25) is 0 Å². The number of aromatic nitrogens is 2. The molecule has 0 radical (unpaired) electrons. The minimum absolute atomic E-state index is 0.386. The number of rotatable bonds is 5. The van der Waals surface area contributed by atoms with Gasteiger partial charge in [-0.2, -0.15) is 5.10 Å². The second kappa shape index (κ2) is 5.47. The number of hydrogen-bond donors (Lipinski definition) is 1. The molecule has 1 aromatic carbocycles. The summed E-state index contributed by atoms with van der Waals surface area (Å²) in [5.41, 5.74) is 1.32. The van der Waals surface area contributed by atoms with Crippen molar-refractivity contribution in [2.45, 2.75) is 19.5 Å². The highest BCUT2D eigenvalue weighted by Crippen LogP contribution is 2.10. The summed E-state index contributed by atoms with van der Waals surface area (Å²) in [5, 5.41) is 7.64. The van der Waals surface area contributed by atoms with E-state index in [4.69, 9.17) is 0 Å². The van der Waals surface area contributed by atoms with E-state index in [1.165, 1.54) is 5.56 Å². The Labute approximate surface area is 96.1 Å². The molecule has 2 aromatic rings. The Hall–Kier alpha value is -1.61. The first-order chi connectivity index (χ1) is 7.86. The first-order valence-electron chi connectivity index (χ1n) is 5.62. The van der Waals surface area contributed by atoms with Crippen LogP contribution in [0.4, 0.5) is 0 Å². The SMILES string of the molecule is CC(NCCn1cccn1)c1ccccc1. The molecule has 0 bridgehead atoms. The van der Waals surface area contributed by atoms with Gasteiger partial charge >= 0.3 is 0 Å². The van der Waals surface area contributed by atoms with Crippen LogP contribution in [0, 0.1) is 0 Å². The lowest BCUT2D eigenvalue weighted by Crippen LogP contribution is -2.23. The van der Waals surface area contributed by atoms with Crippen LogP contribution in [0.25, 0.3) is 0 Å². The Balaban J connectivity index is 1.78. The summed E-state index contributed by atoms with van der Waals surface area (Å²) in [5.74, 6) is 0. The maximum Gasteiger partial charge on any atom is 0.0534 e. The highest BCUT2D eigenvalue weighted by Gasteiger charge is 2.02. The van der Waals surface area contributed by atoms with Crippen LogP contribution in [-0.2, 0) is 6.54 Å². The number of hydrogen-bond acceptors (Lipinski definition) is 2. The van der Waals surface area contributed by atoms with Crippen molar-refractivity contribution in [3.63, 3.8) is 0 Å². The van der Waals surface area contributed by atoms with E-state index in [1.807, 2.05) is 23.0 Å². The summed E-state index contributed by atoms with van der Waals surface area (Å²) in [6.07, 6.45) is 3.79. The van der Waals surface area contributed by atoms with Crippen LogP contribution in [0.5, 0.6) is 0 Å². The van der Waals surface area contributed by atoms with Crippen LogP contribution in [0.1, 0.15) is 18.5 Å². The monoisotopic (exact) mass is 215 g/mol. The fourth-order valence-corrected chi connectivity index (χ4v) is 1.69. The molecule has 0 spiro atoms. The van der Waals surface area contributed by atoms with Gasteiger partial charge in [0.25, 0.3) is 0 Å². The van der Waals surface area contributed by atoms with Crippen molar-refractivity contribution < 1.29 is 0 Å². The van der Waals surface area contributed by atoms with Crippen LogP contribution in [0.3, 0.4) is 0 Å². The van der Waals surface area contributed by atoms with E-state index in [0.29, 0.717) is 6.04 Å². The van der Waals surface area contributed by atoms with Crippen LogP contribution in [0.15, 0.2) is 48.8 Å². The third kappa shape index (κ3) is 2.94. The van der Waals surface area contributed by atoms with Gasteiger partial charge < -0.3 is 5.32 Å². The molecule has 0 fully saturated rings. The molecule has 16 heavy (non-hydrogen) atoms. The van der Waals surface area contributed by atoms with E-state index in [-0.39, 0.29) is 0 Å². The van der Waals surface area contributed by atoms with Crippen molar-refractivity contribution in [1.29, 1.82) is 0 Å². The van der Waals surface area contributed by atoms with E-state index in [1.54, 1.807) is 6.20 Å². The third-order valence-electron chi connectivity index (χ3n) is 2.65. The molecule has 0 saturated carbocycles. The molecule has 1 atom stereocenters. The quantitative estimate of drug-likeness (QED) is 0.829. The predicted molar refractivity (Wildman–Crippen MR) is 65.1 cm³/mol. The predicted octanol–water partition coefficient (Wildman–Crippen LogP) is 2.23. The fourth-order valence-electron chi connectivity index (χ4n) is 1.69. The molecule has 0 amide bonds. The van der Waals surface area contributed by atoms with Crippen molar-refractivity contribution in [1.82, 2.24) is 15.1 Å². The van der Waals surface area contributed by atoms with Gasteiger partial charge in [-0.15, -0.1) is 0 Å². The Morgan fingerprint density at radius 1 is 1.25 bits per heavy atom. The van der Waals surface area contributed by atoms with Gasteiger partial charge in [-0.25, -0.2) is 0 Å². The molecular formula is C13H17N3. The van der Waals surface area contributed by atoms with Crippen molar-refractivity contribution in [2.75, 3.05) is 6.54 Å². The Morgan fingerprint density at radius 3 is 2.75 bits per heavy atom. The molecule has 3 nitrogen and oxygen atoms in total. The highest BCUT2D eigenvalue weighted by molar-refractivity contribution is 5.17. The van der Waals surface area contributed by atoms with Crippen LogP contribution >= 0.6 is 0 Å². The summed E-state index contributed by atoms with van der Waals surface area (Å²) >= 11 is 0. The lowest BCUT2D eigenvalue weighted by atomic mass is 10.1. The van der Waals surface area contributed by atoms with Crippen molar-refractivity contribution in [3.8, 4) is 0 Å². The third-order valence-corrected chi connectivity index (χ3v) is 2.65. The smallest absolute Gasteiger partial charge is 0.0534 e. The van der Waals surface area contributed by atoms with Gasteiger partial charge in [0.05, 0.1) is 6.54 Å². The largest absolute Gasteiger partial charge is 0.308 e. The minimum atomic E-state index is 0.386. The lowest BCUT2D eigenvalue weighted by molar-refractivity contribution is 0.507. The Kier molecular flexibility index (Phi) is 3.72. The van der Waals surface area contributed by atoms with E-state index < -0.39 is 0 Å². The van der Waals surface area contributed by atoms with Gasteiger partial charge in [0.1, 0.15) is 0 Å². The van der Waals surface area contributed by atoms with Gasteiger partial charge in [0.15, 0.2) is 0 Å². The summed E-state index contributed by atoms with van der Waals surface area (Å²) in [4.78, 5) is 0. The molecule has 0 aliphatic carbocycles. The average molecular weight is 215 g/mol. The molecule has 84 valence electrons. The summed E-state index contributed by atoms with van der Waals surface area (Å²) < 4.78 is 1.94. The maximum atomic E-state index is 4.16. The highest BCUT2D eigenvalue weighted by atomic mass is 15.3. The zero-order valence-corrected chi connectivity index (χ0v) is 9.50. The maximum absolute atomic E-state index is 4.16. The summed E-state index contributed by atoms with van der Waals surface area (Å²) in [6, 6.07) is 12.8. The molecule has 2 rings (SSSR count). The Morgan fingerprint density at radius 2 is 2.06 bits per heavy atom. The van der Waals surface area contributed by atoms with Gasteiger partial charge in [-0.1, -0.05) is 30.3 Å². The van der Waals surface area contributed by atoms with Crippen molar-refractivity contribution >= 4 is 0 Å². The first kappa shape index (κ1) is 10.9. The first-order valence-corrected chi connectivity index (χ1v) is 5.62. The van der Waals surface area contributed by atoms with Crippen molar-refractivity contribution in [2.24, 2.45) is 0 Å². The topological polar surface area (TPSA) is 29.9 Å². The lowest BCUT2D eigenvalue weighted by Gasteiger charge is -2.13. The van der Waals surface area contributed by atoms with Gasteiger partial charge in [-0.05, 0) is 18.6 Å². The second-order valence-corrected chi connectivity index (χ2v) is 3.86. The molecule has 0 aliphatic rings. The van der Waals surface area contributed by atoms with Crippen LogP contribution in [-0.4, -0.2) is 16.3 Å². The molecule has 1 N–H and O–H groups in total. The molecule has 1 heterocycles. The van der Waals surface area contributed by atoms with E-state index in [0.717, 1.165) is 13.1 Å². The molecule has 0 aliphatic heterocycles. The summed E-state index contributed by atoms with van der Waals surface area (Å²) in [7, 11) is 0. The van der Waals surface area contributed by atoms with Crippen LogP contribution < -0.4 is 5.32 Å². The van der Waals surface area contributed by atoms with E-state index >= 15 is 0 Å². The zero-order chi connectivity index (χ0) is 11.2. The minimum Gasteiger partial charge on any atom is -0.308 e. The fraction of sp³-hybridized carbons (Fsp3) is 0.308. The van der Waals surface area contributed by atoms with E-state index in [9.17, 15) is 0 Å². The average Bonchev–Trinajstić information content (AvgIpc) is 2.83. The normalized spacial score (nSPS) is 12.6.